The zero-order valence-electron chi connectivity index (χ0n) is 16.0. The second-order valence-corrected chi connectivity index (χ2v) is 12.2. The Kier molecular flexibility index (Phi) is 5.52. The van der Waals surface area contributed by atoms with E-state index in [1.807, 2.05) is 6.07 Å². The van der Waals surface area contributed by atoms with Crippen molar-refractivity contribution in [2.75, 3.05) is 11.5 Å². The average Bonchev–Trinajstić information content (AvgIpc) is 3.02. The van der Waals surface area contributed by atoms with Crippen LogP contribution in [0.1, 0.15) is 29.5 Å². The Morgan fingerprint density at radius 1 is 1.00 bits per heavy atom. The molecule has 5 nitrogen and oxygen atoms in total. The highest BCUT2D eigenvalue weighted by molar-refractivity contribution is 7.96. The van der Waals surface area contributed by atoms with Gasteiger partial charge in [0.25, 0.3) is 0 Å². The predicted molar refractivity (Wildman–Crippen MR) is 110 cm³/mol. The number of fused-ring (bicyclic) bond motifs is 1. The first-order chi connectivity index (χ1) is 13.8. The number of hydrogen-bond donors (Lipinski definition) is 1. The molecule has 8 heteroatoms. The molecule has 2 atom stereocenters. The first-order valence-electron chi connectivity index (χ1n) is 9.79. The second kappa shape index (κ2) is 7.81. The normalized spacial score (nSPS) is 23.6. The summed E-state index contributed by atoms with van der Waals surface area (Å²) in [5, 5.41) is 1.90. The Morgan fingerprint density at radius 3 is 2.48 bits per heavy atom. The van der Waals surface area contributed by atoms with Gasteiger partial charge >= 0.3 is 0 Å². The van der Waals surface area contributed by atoms with Crippen molar-refractivity contribution in [2.45, 2.75) is 48.4 Å². The van der Waals surface area contributed by atoms with Crippen LogP contribution >= 0.6 is 0 Å². The monoisotopic (exact) mass is 437 g/mol. The summed E-state index contributed by atoms with van der Waals surface area (Å²) in [6, 6.07) is 10.6. The number of rotatable bonds is 5. The lowest BCUT2D eigenvalue weighted by Crippen LogP contribution is -2.43. The molecule has 2 aromatic rings. The largest absolute Gasteiger partial charge is 0.307 e. The average molecular weight is 438 g/mol. The highest BCUT2D eigenvalue weighted by Gasteiger charge is 2.45. The van der Waals surface area contributed by atoms with Crippen molar-refractivity contribution in [3.8, 4) is 0 Å². The quantitative estimate of drug-likeness (QED) is 0.777. The van der Waals surface area contributed by atoms with Crippen LogP contribution in [-0.2, 0) is 39.1 Å². The number of aryl methyl sites for hydroxylation is 2. The van der Waals surface area contributed by atoms with Gasteiger partial charge in [-0.25, -0.2) is 21.2 Å². The van der Waals surface area contributed by atoms with Crippen molar-refractivity contribution in [3.63, 3.8) is 0 Å². The van der Waals surface area contributed by atoms with Crippen LogP contribution in [0.3, 0.4) is 0 Å². The maximum atomic E-state index is 13.9. The fraction of sp³-hybridized carbons (Fsp3) is 0.429. The van der Waals surface area contributed by atoms with E-state index in [9.17, 15) is 21.2 Å². The summed E-state index contributed by atoms with van der Waals surface area (Å²) in [5.74, 6) is -1.09. The lowest BCUT2D eigenvalue weighted by atomic mass is 9.92. The molecule has 0 saturated carbocycles. The molecule has 2 aliphatic rings. The van der Waals surface area contributed by atoms with E-state index in [-0.39, 0.29) is 17.2 Å². The maximum Gasteiger partial charge on any atom is 0.183 e. The van der Waals surface area contributed by atoms with Gasteiger partial charge in [0.1, 0.15) is 5.82 Å². The number of nitrogens with one attached hydrogen (secondary N) is 1. The van der Waals surface area contributed by atoms with Crippen LogP contribution in [0.5, 0.6) is 0 Å². The lowest BCUT2D eigenvalue weighted by molar-refractivity contribution is 0.515. The van der Waals surface area contributed by atoms with Crippen LogP contribution in [0, 0.1) is 5.82 Å². The summed E-state index contributed by atoms with van der Waals surface area (Å²) < 4.78 is 65.1. The molecule has 4 rings (SSSR count). The number of sulfone groups is 2. The van der Waals surface area contributed by atoms with Crippen molar-refractivity contribution < 1.29 is 21.2 Å². The van der Waals surface area contributed by atoms with Crippen LogP contribution in [-0.4, -0.2) is 39.6 Å². The van der Waals surface area contributed by atoms with Gasteiger partial charge in [0.05, 0.1) is 21.7 Å². The molecular weight excluding hydrogens is 413 g/mol. The van der Waals surface area contributed by atoms with Crippen LogP contribution in [0.15, 0.2) is 47.4 Å². The molecule has 0 radical (unpaired) electrons. The first-order valence-corrected chi connectivity index (χ1v) is 13.2. The molecule has 0 bridgehead atoms. The zero-order valence-corrected chi connectivity index (χ0v) is 17.6. The van der Waals surface area contributed by atoms with Crippen LogP contribution in [0.25, 0.3) is 0 Å². The molecule has 156 valence electrons. The summed E-state index contributed by atoms with van der Waals surface area (Å²) in [4.78, 5) is 0.179. The summed E-state index contributed by atoms with van der Waals surface area (Å²) in [6.07, 6.45) is 3.92. The molecule has 1 heterocycles. The SMILES string of the molecule is O=S1(=O)C[C@H](NCc2ccccc2F)[C@@H](S(=O)(=O)c2ccc3c(c2)CCCC3)C1. The van der Waals surface area contributed by atoms with Crippen molar-refractivity contribution in [1.29, 1.82) is 0 Å². The van der Waals surface area contributed by atoms with E-state index in [1.54, 1.807) is 30.3 Å². The number of benzene rings is 2. The van der Waals surface area contributed by atoms with Gasteiger partial charge in [-0.1, -0.05) is 24.3 Å². The summed E-state index contributed by atoms with van der Waals surface area (Å²) in [5.41, 5.74) is 2.58. The topological polar surface area (TPSA) is 80.3 Å². The highest BCUT2D eigenvalue weighted by Crippen LogP contribution is 2.30. The number of hydrogen-bond acceptors (Lipinski definition) is 5. The molecule has 0 aromatic heterocycles. The molecule has 1 N–H and O–H groups in total. The fourth-order valence-corrected chi connectivity index (χ4v) is 9.02. The molecule has 1 fully saturated rings. The van der Waals surface area contributed by atoms with Gasteiger partial charge in [0, 0.05) is 18.2 Å². The molecule has 1 saturated heterocycles. The van der Waals surface area contributed by atoms with Gasteiger partial charge in [0.2, 0.25) is 0 Å². The van der Waals surface area contributed by atoms with Gasteiger partial charge in [-0.2, -0.15) is 0 Å². The van der Waals surface area contributed by atoms with E-state index in [0.717, 1.165) is 31.2 Å². The molecule has 0 spiro atoms. The van der Waals surface area contributed by atoms with Gasteiger partial charge in [-0.05, 0) is 55.0 Å². The molecule has 0 unspecified atom stereocenters. The smallest absolute Gasteiger partial charge is 0.183 e. The Morgan fingerprint density at radius 2 is 1.72 bits per heavy atom. The van der Waals surface area contributed by atoms with Crippen LogP contribution < -0.4 is 5.32 Å². The molecule has 1 aliphatic heterocycles. The minimum Gasteiger partial charge on any atom is -0.307 e. The predicted octanol–water partition coefficient (Wildman–Crippen LogP) is 2.43. The Balaban J connectivity index is 1.61. The lowest BCUT2D eigenvalue weighted by Gasteiger charge is -2.22. The third-order valence-corrected chi connectivity index (χ3v) is 10.0. The van der Waals surface area contributed by atoms with Crippen LogP contribution in [0.2, 0.25) is 0 Å². The molecule has 0 amide bonds. The summed E-state index contributed by atoms with van der Waals surface area (Å²) in [7, 11) is -7.35. The van der Waals surface area contributed by atoms with E-state index in [1.165, 1.54) is 11.6 Å². The fourth-order valence-electron chi connectivity index (χ4n) is 4.26. The third kappa shape index (κ3) is 4.25. The number of halogens is 1. The summed E-state index contributed by atoms with van der Waals surface area (Å²) in [6.45, 7) is 0.0725. The third-order valence-electron chi connectivity index (χ3n) is 5.86. The van der Waals surface area contributed by atoms with Crippen molar-refractivity contribution in [3.05, 3.63) is 65.0 Å². The highest BCUT2D eigenvalue weighted by atomic mass is 32.2. The molecule has 29 heavy (non-hydrogen) atoms. The van der Waals surface area contributed by atoms with Crippen molar-refractivity contribution >= 4 is 19.7 Å². The standard InChI is InChI=1S/C21H24FNO4S2/c22-19-8-4-3-7-17(19)12-23-20-13-28(24,25)14-21(20)29(26,27)18-10-9-15-5-1-2-6-16(15)11-18/h3-4,7-11,20-21,23H,1-2,5-6,12-14H2/t20-,21-/m0/s1. The van der Waals surface area contributed by atoms with Gasteiger partial charge in [0.15, 0.2) is 19.7 Å². The van der Waals surface area contributed by atoms with E-state index in [2.05, 4.69) is 5.32 Å². The minimum absolute atomic E-state index is 0.0725. The van der Waals surface area contributed by atoms with Gasteiger partial charge < -0.3 is 5.32 Å². The van der Waals surface area contributed by atoms with E-state index in [0.29, 0.717) is 5.56 Å². The van der Waals surface area contributed by atoms with E-state index < -0.39 is 42.5 Å². The molecule has 2 aromatic carbocycles. The Bertz CT molecular complexity index is 1130. The van der Waals surface area contributed by atoms with Gasteiger partial charge in [-0.3, -0.25) is 0 Å². The minimum atomic E-state index is -3.84. The van der Waals surface area contributed by atoms with Crippen LogP contribution in [0.4, 0.5) is 4.39 Å². The van der Waals surface area contributed by atoms with Gasteiger partial charge in [-0.15, -0.1) is 0 Å². The summed E-state index contributed by atoms with van der Waals surface area (Å²) >= 11 is 0. The molecular formula is C21H24FNO4S2. The maximum absolute atomic E-state index is 13.9. The van der Waals surface area contributed by atoms with E-state index >= 15 is 0 Å². The Labute approximate surface area is 171 Å². The molecule has 1 aliphatic carbocycles. The van der Waals surface area contributed by atoms with Crippen molar-refractivity contribution in [2.24, 2.45) is 0 Å². The van der Waals surface area contributed by atoms with E-state index in [4.69, 9.17) is 0 Å². The van der Waals surface area contributed by atoms with Crippen molar-refractivity contribution in [1.82, 2.24) is 5.32 Å². The first kappa shape index (κ1) is 20.5. The second-order valence-electron chi connectivity index (χ2n) is 7.88. The zero-order chi connectivity index (χ0) is 20.6. The Hall–Kier alpha value is -1.77.